The Kier molecular flexibility index (Phi) is 2.50. The molecule has 3 nitrogen and oxygen atoms in total. The van der Waals surface area contributed by atoms with E-state index in [0.717, 1.165) is 12.8 Å². The highest BCUT2D eigenvalue weighted by molar-refractivity contribution is 5.90. The van der Waals surface area contributed by atoms with Crippen LogP contribution in [0.1, 0.15) is 39.0 Å². The van der Waals surface area contributed by atoms with Crippen LogP contribution in [0.3, 0.4) is 0 Å². The highest BCUT2D eigenvalue weighted by atomic mass is 16.4. The molecule has 0 aliphatic heterocycles. The summed E-state index contributed by atoms with van der Waals surface area (Å²) in [6.07, 6.45) is 2.87. The number of ketones is 1. The Labute approximate surface area is 71.8 Å². The normalized spacial score (nSPS) is 29.2. The molecule has 1 atom stereocenters. The highest BCUT2D eigenvalue weighted by Crippen LogP contribution is 2.40. The van der Waals surface area contributed by atoms with E-state index in [-0.39, 0.29) is 12.2 Å². The second kappa shape index (κ2) is 3.25. The SMILES string of the molecule is CC[C@]1(CC(=O)O)CCCC1=O. The van der Waals surface area contributed by atoms with Crippen molar-refractivity contribution in [3.8, 4) is 0 Å². The van der Waals surface area contributed by atoms with Crippen molar-refractivity contribution >= 4 is 11.8 Å². The third-order valence-corrected chi connectivity index (χ3v) is 2.82. The Bertz CT molecular complexity index is 210. The first-order chi connectivity index (χ1) is 5.60. The minimum atomic E-state index is -0.855. The molecule has 0 aromatic heterocycles. The van der Waals surface area contributed by atoms with Crippen molar-refractivity contribution in [3.63, 3.8) is 0 Å². The van der Waals surface area contributed by atoms with E-state index in [1.807, 2.05) is 6.92 Å². The van der Waals surface area contributed by atoms with Gasteiger partial charge in [-0.1, -0.05) is 6.92 Å². The molecule has 1 saturated carbocycles. The molecule has 1 fully saturated rings. The van der Waals surface area contributed by atoms with Crippen molar-refractivity contribution in [3.05, 3.63) is 0 Å². The maximum atomic E-state index is 11.4. The lowest BCUT2D eigenvalue weighted by atomic mass is 9.79. The van der Waals surface area contributed by atoms with Gasteiger partial charge in [-0.15, -0.1) is 0 Å². The quantitative estimate of drug-likeness (QED) is 0.700. The Balaban J connectivity index is 2.74. The lowest BCUT2D eigenvalue weighted by Gasteiger charge is -2.22. The monoisotopic (exact) mass is 170 g/mol. The number of carboxylic acids is 1. The molecule has 1 aliphatic carbocycles. The third-order valence-electron chi connectivity index (χ3n) is 2.82. The Morgan fingerprint density at radius 2 is 2.33 bits per heavy atom. The number of Topliss-reactive ketones (excluding diaryl/α,β-unsaturated/α-hetero) is 1. The highest BCUT2D eigenvalue weighted by Gasteiger charge is 2.41. The second-order valence-corrected chi connectivity index (χ2v) is 3.48. The molecule has 68 valence electrons. The zero-order chi connectivity index (χ0) is 9.19. The van der Waals surface area contributed by atoms with Crippen molar-refractivity contribution in [2.45, 2.75) is 39.0 Å². The number of carboxylic acid groups (broad SMARTS) is 1. The maximum Gasteiger partial charge on any atom is 0.304 e. The third kappa shape index (κ3) is 1.49. The number of carbonyl (C=O) groups excluding carboxylic acids is 1. The van der Waals surface area contributed by atoms with Crippen LogP contribution in [0.5, 0.6) is 0 Å². The Hall–Kier alpha value is -0.860. The Morgan fingerprint density at radius 1 is 1.67 bits per heavy atom. The van der Waals surface area contributed by atoms with Crippen molar-refractivity contribution < 1.29 is 14.7 Å². The molecule has 0 heterocycles. The van der Waals surface area contributed by atoms with Crippen LogP contribution in [0.15, 0.2) is 0 Å². The zero-order valence-corrected chi connectivity index (χ0v) is 7.30. The number of hydrogen-bond donors (Lipinski definition) is 1. The molecule has 0 saturated heterocycles. The first-order valence-electron chi connectivity index (χ1n) is 4.36. The van der Waals surface area contributed by atoms with E-state index in [1.54, 1.807) is 0 Å². The van der Waals surface area contributed by atoms with Crippen LogP contribution in [-0.4, -0.2) is 16.9 Å². The van der Waals surface area contributed by atoms with Gasteiger partial charge in [0.1, 0.15) is 5.78 Å². The number of aliphatic carboxylic acids is 1. The molecule has 0 aromatic carbocycles. The van der Waals surface area contributed by atoms with Gasteiger partial charge in [0.05, 0.1) is 6.42 Å². The average Bonchev–Trinajstić information content (AvgIpc) is 2.32. The largest absolute Gasteiger partial charge is 0.481 e. The van der Waals surface area contributed by atoms with Crippen molar-refractivity contribution in [2.24, 2.45) is 5.41 Å². The fourth-order valence-electron chi connectivity index (χ4n) is 1.97. The van der Waals surface area contributed by atoms with Crippen molar-refractivity contribution in [1.29, 1.82) is 0 Å². The van der Waals surface area contributed by atoms with Gasteiger partial charge in [0.15, 0.2) is 0 Å². The van der Waals surface area contributed by atoms with Crippen molar-refractivity contribution in [2.75, 3.05) is 0 Å². The van der Waals surface area contributed by atoms with Gasteiger partial charge >= 0.3 is 5.97 Å². The van der Waals surface area contributed by atoms with E-state index in [4.69, 9.17) is 5.11 Å². The first-order valence-corrected chi connectivity index (χ1v) is 4.36. The van der Waals surface area contributed by atoms with Gasteiger partial charge in [-0.3, -0.25) is 9.59 Å². The number of hydrogen-bond acceptors (Lipinski definition) is 2. The lowest BCUT2D eigenvalue weighted by molar-refractivity contribution is -0.143. The van der Waals surface area contributed by atoms with Crippen LogP contribution in [0, 0.1) is 5.41 Å². The van der Waals surface area contributed by atoms with Crippen LogP contribution >= 0.6 is 0 Å². The van der Waals surface area contributed by atoms with Crippen LogP contribution in [0.2, 0.25) is 0 Å². The van der Waals surface area contributed by atoms with E-state index < -0.39 is 11.4 Å². The van der Waals surface area contributed by atoms with E-state index in [1.165, 1.54) is 0 Å². The van der Waals surface area contributed by atoms with Crippen LogP contribution < -0.4 is 0 Å². The molecule has 0 spiro atoms. The van der Waals surface area contributed by atoms with Gasteiger partial charge in [-0.05, 0) is 19.3 Å². The molecular weight excluding hydrogens is 156 g/mol. The lowest BCUT2D eigenvalue weighted by Crippen LogP contribution is -2.27. The van der Waals surface area contributed by atoms with Gasteiger partial charge in [0.25, 0.3) is 0 Å². The molecule has 0 amide bonds. The molecule has 0 bridgehead atoms. The molecule has 12 heavy (non-hydrogen) atoms. The first kappa shape index (κ1) is 9.23. The topological polar surface area (TPSA) is 54.4 Å². The predicted molar refractivity (Wildman–Crippen MR) is 43.8 cm³/mol. The van der Waals surface area contributed by atoms with Gasteiger partial charge < -0.3 is 5.11 Å². The molecule has 0 unspecified atom stereocenters. The van der Waals surface area contributed by atoms with Gasteiger partial charge in [0, 0.05) is 11.8 Å². The summed E-state index contributed by atoms with van der Waals surface area (Å²) in [4.78, 5) is 21.9. The number of rotatable bonds is 3. The fraction of sp³-hybridized carbons (Fsp3) is 0.778. The predicted octanol–water partition coefficient (Wildman–Crippen LogP) is 1.61. The van der Waals surface area contributed by atoms with E-state index in [0.29, 0.717) is 12.8 Å². The standard InChI is InChI=1S/C9H14O3/c1-2-9(6-8(11)12)5-3-4-7(9)10/h2-6H2,1H3,(H,11,12)/t9-/m1/s1. The van der Waals surface area contributed by atoms with Crippen LogP contribution in [0.4, 0.5) is 0 Å². The van der Waals surface area contributed by atoms with E-state index in [2.05, 4.69) is 0 Å². The average molecular weight is 170 g/mol. The van der Waals surface area contributed by atoms with Gasteiger partial charge in [-0.2, -0.15) is 0 Å². The zero-order valence-electron chi connectivity index (χ0n) is 7.30. The molecule has 3 heteroatoms. The summed E-state index contributed by atoms with van der Waals surface area (Å²) in [6.45, 7) is 1.90. The fourth-order valence-corrected chi connectivity index (χ4v) is 1.97. The molecule has 1 rings (SSSR count). The second-order valence-electron chi connectivity index (χ2n) is 3.48. The minimum Gasteiger partial charge on any atom is -0.481 e. The number of carbonyl (C=O) groups is 2. The van der Waals surface area contributed by atoms with E-state index in [9.17, 15) is 9.59 Å². The summed E-state index contributed by atoms with van der Waals surface area (Å²) in [5.74, 6) is -0.709. The van der Waals surface area contributed by atoms with Gasteiger partial charge in [-0.25, -0.2) is 0 Å². The molecular formula is C9H14O3. The summed E-state index contributed by atoms with van der Waals surface area (Å²) >= 11 is 0. The van der Waals surface area contributed by atoms with E-state index >= 15 is 0 Å². The van der Waals surface area contributed by atoms with Crippen LogP contribution in [-0.2, 0) is 9.59 Å². The smallest absolute Gasteiger partial charge is 0.304 e. The summed E-state index contributed by atoms with van der Waals surface area (Å²) in [6, 6.07) is 0. The summed E-state index contributed by atoms with van der Waals surface area (Å²) < 4.78 is 0. The maximum absolute atomic E-state index is 11.4. The summed E-state index contributed by atoms with van der Waals surface area (Å²) in [5, 5.41) is 8.64. The summed E-state index contributed by atoms with van der Waals surface area (Å²) in [5.41, 5.74) is -0.522. The Morgan fingerprint density at radius 3 is 2.67 bits per heavy atom. The molecule has 1 aliphatic rings. The molecule has 0 radical (unpaired) electrons. The molecule has 0 aromatic rings. The minimum absolute atomic E-state index is 0.0162. The summed E-state index contributed by atoms with van der Waals surface area (Å²) in [7, 11) is 0. The van der Waals surface area contributed by atoms with Crippen molar-refractivity contribution in [1.82, 2.24) is 0 Å². The van der Waals surface area contributed by atoms with Crippen LogP contribution in [0.25, 0.3) is 0 Å². The molecule has 1 N–H and O–H groups in total. The van der Waals surface area contributed by atoms with Gasteiger partial charge in [0.2, 0.25) is 0 Å².